The van der Waals surface area contributed by atoms with Crippen molar-refractivity contribution in [3.8, 4) is 5.75 Å². The first kappa shape index (κ1) is 15.8. The molecule has 0 spiro atoms. The van der Waals surface area contributed by atoms with Crippen LogP contribution in [0.1, 0.15) is 45.5 Å². The summed E-state index contributed by atoms with van der Waals surface area (Å²) in [5, 5.41) is 9.19. The predicted octanol–water partition coefficient (Wildman–Crippen LogP) is 3.09. The van der Waals surface area contributed by atoms with Crippen molar-refractivity contribution in [2.75, 3.05) is 0 Å². The summed E-state index contributed by atoms with van der Waals surface area (Å²) < 4.78 is 0. The van der Waals surface area contributed by atoms with Gasteiger partial charge >= 0.3 is 0 Å². The zero-order valence-electron chi connectivity index (χ0n) is 12.3. The summed E-state index contributed by atoms with van der Waals surface area (Å²) in [4.78, 5) is 22.9. The molecule has 4 nitrogen and oxygen atoms in total. The lowest BCUT2D eigenvalue weighted by molar-refractivity contribution is 0.0976. The number of hydrogen-bond acceptors (Lipinski definition) is 3. The second-order valence-electron chi connectivity index (χ2n) is 5.24. The molecule has 0 aromatic heterocycles. The van der Waals surface area contributed by atoms with Gasteiger partial charge in [-0.25, -0.2) is 0 Å². The van der Waals surface area contributed by atoms with Gasteiger partial charge < -0.3 is 10.8 Å². The van der Waals surface area contributed by atoms with Gasteiger partial charge in [-0.15, -0.1) is 0 Å². The van der Waals surface area contributed by atoms with E-state index in [4.69, 9.17) is 5.73 Å². The Morgan fingerprint density at radius 1 is 0.864 bits per heavy atom. The van der Waals surface area contributed by atoms with Crippen molar-refractivity contribution in [1.29, 1.82) is 0 Å². The number of rotatable bonds is 7. The van der Waals surface area contributed by atoms with Crippen LogP contribution < -0.4 is 5.73 Å². The first-order valence-electron chi connectivity index (χ1n) is 7.27. The number of carbonyl (C=O) groups is 2. The Balaban J connectivity index is 1.75. The Kier molecular flexibility index (Phi) is 5.31. The van der Waals surface area contributed by atoms with E-state index in [1.54, 1.807) is 24.3 Å². The number of primary amides is 1. The molecular formula is C18H19NO3. The molecule has 0 fully saturated rings. The Morgan fingerprint density at radius 2 is 1.45 bits per heavy atom. The molecule has 1 amide bonds. The van der Waals surface area contributed by atoms with Crippen LogP contribution in [0.2, 0.25) is 0 Å². The third kappa shape index (κ3) is 4.45. The molecule has 2 aromatic carbocycles. The number of aryl methyl sites for hydroxylation is 1. The zero-order valence-corrected chi connectivity index (χ0v) is 12.3. The molecule has 0 radical (unpaired) electrons. The predicted molar refractivity (Wildman–Crippen MR) is 85.0 cm³/mol. The fourth-order valence-corrected chi connectivity index (χ4v) is 2.24. The number of aromatic hydroxyl groups is 1. The second kappa shape index (κ2) is 7.41. The number of unbranched alkanes of at least 4 members (excludes halogenated alkanes) is 1. The maximum atomic E-state index is 12.0. The minimum absolute atomic E-state index is 0.0871. The molecule has 2 aromatic rings. The molecule has 0 aliphatic carbocycles. The van der Waals surface area contributed by atoms with Crippen LogP contribution in [0.4, 0.5) is 0 Å². The van der Waals surface area contributed by atoms with Crippen LogP contribution >= 0.6 is 0 Å². The molecule has 0 heterocycles. The molecule has 22 heavy (non-hydrogen) atoms. The van der Waals surface area contributed by atoms with E-state index >= 15 is 0 Å². The minimum Gasteiger partial charge on any atom is -0.508 e. The van der Waals surface area contributed by atoms with Gasteiger partial charge in [0.05, 0.1) is 0 Å². The lowest BCUT2D eigenvalue weighted by atomic mass is 10.0. The van der Waals surface area contributed by atoms with Gasteiger partial charge in [-0.3, -0.25) is 9.59 Å². The van der Waals surface area contributed by atoms with Crippen molar-refractivity contribution < 1.29 is 14.7 Å². The van der Waals surface area contributed by atoms with Crippen LogP contribution in [-0.2, 0) is 6.42 Å². The van der Waals surface area contributed by atoms with Gasteiger partial charge in [0, 0.05) is 17.5 Å². The van der Waals surface area contributed by atoms with E-state index < -0.39 is 5.91 Å². The van der Waals surface area contributed by atoms with Gasteiger partial charge in [0.15, 0.2) is 5.78 Å². The standard InChI is InChI=1S/C18H19NO3/c19-18(22)15-7-5-13(6-8-15)3-1-2-4-17(21)14-9-11-16(20)12-10-14/h5-12,20H,1-4H2,(H2,19,22). The molecule has 114 valence electrons. The van der Waals surface area contributed by atoms with E-state index in [1.165, 1.54) is 12.1 Å². The smallest absolute Gasteiger partial charge is 0.248 e. The third-order valence-electron chi connectivity index (χ3n) is 3.55. The molecule has 0 saturated heterocycles. The van der Waals surface area contributed by atoms with E-state index in [2.05, 4.69) is 0 Å². The molecule has 0 saturated carbocycles. The number of nitrogens with two attached hydrogens (primary N) is 1. The van der Waals surface area contributed by atoms with Crippen molar-refractivity contribution in [3.63, 3.8) is 0 Å². The molecular weight excluding hydrogens is 278 g/mol. The molecule has 0 aliphatic rings. The van der Waals surface area contributed by atoms with Crippen LogP contribution in [0.3, 0.4) is 0 Å². The maximum Gasteiger partial charge on any atom is 0.248 e. The van der Waals surface area contributed by atoms with Gasteiger partial charge in [0.2, 0.25) is 5.91 Å². The van der Waals surface area contributed by atoms with E-state index in [9.17, 15) is 14.7 Å². The number of phenols is 1. The molecule has 4 heteroatoms. The summed E-state index contributed by atoms with van der Waals surface area (Å²) in [5.74, 6) is -0.175. The number of ketones is 1. The highest BCUT2D eigenvalue weighted by molar-refractivity contribution is 5.96. The number of amides is 1. The van der Waals surface area contributed by atoms with Gasteiger partial charge in [-0.05, 0) is 61.2 Å². The number of phenolic OH excluding ortho intramolecular Hbond substituents is 1. The molecule has 3 N–H and O–H groups in total. The highest BCUT2D eigenvalue weighted by Crippen LogP contribution is 2.14. The van der Waals surface area contributed by atoms with Crippen molar-refractivity contribution in [3.05, 3.63) is 65.2 Å². The average molecular weight is 297 g/mol. The van der Waals surface area contributed by atoms with Gasteiger partial charge in [0.1, 0.15) is 5.75 Å². The first-order valence-corrected chi connectivity index (χ1v) is 7.27. The number of hydrogen-bond donors (Lipinski definition) is 2. The second-order valence-corrected chi connectivity index (χ2v) is 5.24. The number of carbonyl (C=O) groups excluding carboxylic acids is 2. The Labute approximate surface area is 129 Å². The quantitative estimate of drug-likeness (QED) is 0.608. The van der Waals surface area contributed by atoms with Crippen LogP contribution in [0.15, 0.2) is 48.5 Å². The van der Waals surface area contributed by atoms with E-state index in [0.29, 0.717) is 17.5 Å². The largest absolute Gasteiger partial charge is 0.508 e. The lowest BCUT2D eigenvalue weighted by Crippen LogP contribution is -2.10. The lowest BCUT2D eigenvalue weighted by Gasteiger charge is -2.03. The van der Waals surface area contributed by atoms with Crippen LogP contribution in [0.5, 0.6) is 5.75 Å². The van der Waals surface area contributed by atoms with E-state index in [-0.39, 0.29) is 11.5 Å². The first-order chi connectivity index (χ1) is 10.6. The van der Waals surface area contributed by atoms with Crippen LogP contribution in [0.25, 0.3) is 0 Å². The summed E-state index contributed by atoms with van der Waals surface area (Å²) in [6, 6.07) is 13.5. The molecule has 2 rings (SSSR count). The SMILES string of the molecule is NC(=O)c1ccc(CCCCC(=O)c2ccc(O)cc2)cc1. The molecule has 0 atom stereocenters. The van der Waals surface area contributed by atoms with Gasteiger partial charge in [0.25, 0.3) is 0 Å². The van der Waals surface area contributed by atoms with Crippen molar-refractivity contribution >= 4 is 11.7 Å². The Hall–Kier alpha value is -2.62. The fraction of sp³-hybridized carbons (Fsp3) is 0.222. The highest BCUT2D eigenvalue weighted by Gasteiger charge is 2.06. The summed E-state index contributed by atoms with van der Waals surface area (Å²) >= 11 is 0. The molecule has 0 bridgehead atoms. The van der Waals surface area contributed by atoms with Crippen molar-refractivity contribution in [2.24, 2.45) is 5.73 Å². The monoisotopic (exact) mass is 297 g/mol. The normalized spacial score (nSPS) is 10.4. The van der Waals surface area contributed by atoms with Crippen molar-refractivity contribution in [1.82, 2.24) is 0 Å². The summed E-state index contributed by atoms with van der Waals surface area (Å²) in [7, 11) is 0. The maximum absolute atomic E-state index is 12.0. The molecule has 0 unspecified atom stereocenters. The van der Waals surface area contributed by atoms with Gasteiger partial charge in [-0.1, -0.05) is 12.1 Å². The van der Waals surface area contributed by atoms with E-state index in [0.717, 1.165) is 24.8 Å². The third-order valence-corrected chi connectivity index (χ3v) is 3.55. The van der Waals surface area contributed by atoms with Crippen LogP contribution in [-0.4, -0.2) is 16.8 Å². The molecule has 0 aliphatic heterocycles. The highest BCUT2D eigenvalue weighted by atomic mass is 16.3. The van der Waals surface area contributed by atoms with E-state index in [1.807, 2.05) is 12.1 Å². The average Bonchev–Trinajstić information content (AvgIpc) is 2.52. The minimum atomic E-state index is -0.425. The fourth-order valence-electron chi connectivity index (χ4n) is 2.24. The van der Waals surface area contributed by atoms with Crippen molar-refractivity contribution in [2.45, 2.75) is 25.7 Å². The number of Topliss-reactive ketones (excluding diaryl/α,β-unsaturated/α-hetero) is 1. The summed E-state index contributed by atoms with van der Waals surface area (Å²) in [6.45, 7) is 0. The summed E-state index contributed by atoms with van der Waals surface area (Å²) in [6.07, 6.45) is 3.06. The topological polar surface area (TPSA) is 80.4 Å². The van der Waals surface area contributed by atoms with Gasteiger partial charge in [-0.2, -0.15) is 0 Å². The van der Waals surface area contributed by atoms with Crippen LogP contribution in [0, 0.1) is 0 Å². The Bertz CT molecular complexity index is 645. The summed E-state index contributed by atoms with van der Waals surface area (Å²) in [5.41, 5.74) is 7.45. The Morgan fingerprint density at radius 3 is 2.05 bits per heavy atom. The number of benzene rings is 2. The zero-order chi connectivity index (χ0) is 15.9.